The third-order valence-corrected chi connectivity index (χ3v) is 4.91. The molecule has 27 heavy (non-hydrogen) atoms. The summed E-state index contributed by atoms with van der Waals surface area (Å²) in [5, 5.41) is 0. The Morgan fingerprint density at radius 1 is 1.19 bits per heavy atom. The molecule has 0 bridgehead atoms. The van der Waals surface area contributed by atoms with E-state index in [1.807, 2.05) is 26.0 Å². The quantitative estimate of drug-likeness (QED) is 0.476. The van der Waals surface area contributed by atoms with Crippen molar-refractivity contribution in [2.45, 2.75) is 71.8 Å². The number of ether oxygens (including phenoxy) is 2. The van der Waals surface area contributed by atoms with Gasteiger partial charge in [-0.25, -0.2) is 0 Å². The average Bonchev–Trinajstić information content (AvgIpc) is 2.68. The first-order valence-electron chi connectivity index (χ1n) is 10.3. The van der Waals surface area contributed by atoms with Crippen LogP contribution in [0.4, 0.5) is 0 Å². The number of benzene rings is 1. The lowest BCUT2D eigenvalue weighted by molar-refractivity contribution is -0.143. The van der Waals surface area contributed by atoms with E-state index in [2.05, 4.69) is 31.2 Å². The molecule has 148 valence electrons. The van der Waals surface area contributed by atoms with E-state index in [0.717, 1.165) is 43.4 Å². The molecule has 1 atom stereocenters. The van der Waals surface area contributed by atoms with Crippen LogP contribution in [0, 0.1) is 5.92 Å². The second-order valence-corrected chi connectivity index (χ2v) is 7.52. The third-order valence-electron chi connectivity index (χ3n) is 4.91. The summed E-state index contributed by atoms with van der Waals surface area (Å²) in [6, 6.07) is 8.25. The maximum Gasteiger partial charge on any atom is 0.312 e. The number of methoxy groups -OCH3 is 1. The van der Waals surface area contributed by atoms with Gasteiger partial charge in [-0.05, 0) is 74.8 Å². The molecule has 0 fully saturated rings. The molecule has 0 aliphatic heterocycles. The molecule has 3 nitrogen and oxygen atoms in total. The van der Waals surface area contributed by atoms with Crippen molar-refractivity contribution in [3.8, 4) is 5.75 Å². The molecule has 0 heterocycles. The fourth-order valence-corrected chi connectivity index (χ4v) is 3.50. The second kappa shape index (κ2) is 11.0. The number of carbonyl (C=O) groups excluding carboxylic acids is 1. The first-order chi connectivity index (χ1) is 13.0. The second-order valence-electron chi connectivity index (χ2n) is 7.52. The fourth-order valence-electron chi connectivity index (χ4n) is 3.50. The van der Waals surface area contributed by atoms with Gasteiger partial charge in [0.15, 0.2) is 0 Å². The summed E-state index contributed by atoms with van der Waals surface area (Å²) in [5.41, 5.74) is 3.67. The Balaban J connectivity index is 2.37. The van der Waals surface area contributed by atoms with Gasteiger partial charge in [-0.15, -0.1) is 0 Å². The van der Waals surface area contributed by atoms with E-state index < -0.39 is 0 Å². The van der Waals surface area contributed by atoms with Gasteiger partial charge in [-0.1, -0.05) is 44.1 Å². The maximum absolute atomic E-state index is 12.3. The van der Waals surface area contributed by atoms with E-state index in [4.69, 9.17) is 9.47 Å². The highest BCUT2D eigenvalue weighted by Crippen LogP contribution is 2.33. The number of carbonyl (C=O) groups is 1. The Hall–Kier alpha value is -2.03. The summed E-state index contributed by atoms with van der Waals surface area (Å²) in [6.07, 6.45) is 12.2. The van der Waals surface area contributed by atoms with Crippen molar-refractivity contribution < 1.29 is 14.3 Å². The Morgan fingerprint density at radius 3 is 2.48 bits per heavy atom. The predicted molar refractivity (Wildman–Crippen MR) is 112 cm³/mol. The maximum atomic E-state index is 12.3. The van der Waals surface area contributed by atoms with E-state index >= 15 is 0 Å². The van der Waals surface area contributed by atoms with Crippen molar-refractivity contribution in [3.63, 3.8) is 0 Å². The Bertz CT molecular complexity index is 653. The zero-order valence-corrected chi connectivity index (χ0v) is 17.3. The number of esters is 1. The van der Waals surface area contributed by atoms with Gasteiger partial charge in [-0.2, -0.15) is 0 Å². The largest absolute Gasteiger partial charge is 0.491 e. The van der Waals surface area contributed by atoms with Crippen LogP contribution in [0.15, 0.2) is 42.0 Å². The van der Waals surface area contributed by atoms with Gasteiger partial charge in [0.2, 0.25) is 0 Å². The van der Waals surface area contributed by atoms with Gasteiger partial charge in [-0.3, -0.25) is 4.79 Å². The number of hydrogen-bond acceptors (Lipinski definition) is 3. The van der Waals surface area contributed by atoms with E-state index in [-0.39, 0.29) is 18.0 Å². The van der Waals surface area contributed by atoms with E-state index in [1.165, 1.54) is 31.1 Å². The van der Waals surface area contributed by atoms with E-state index in [0.29, 0.717) is 0 Å². The van der Waals surface area contributed by atoms with Crippen LogP contribution < -0.4 is 4.74 Å². The molecule has 0 aromatic heterocycles. The van der Waals surface area contributed by atoms with Crippen LogP contribution in [-0.2, 0) is 9.53 Å². The van der Waals surface area contributed by atoms with Gasteiger partial charge in [0.1, 0.15) is 5.75 Å². The van der Waals surface area contributed by atoms with Gasteiger partial charge in [0, 0.05) is 0 Å². The van der Waals surface area contributed by atoms with Crippen LogP contribution in [0.3, 0.4) is 0 Å². The van der Waals surface area contributed by atoms with Crippen LogP contribution in [-0.4, -0.2) is 19.2 Å². The Morgan fingerprint density at radius 2 is 1.93 bits per heavy atom. The van der Waals surface area contributed by atoms with Crippen molar-refractivity contribution in [1.29, 1.82) is 0 Å². The number of unbranched alkanes of at least 4 members (excludes halogenated alkanes) is 1. The molecule has 1 aliphatic carbocycles. The molecule has 3 heteroatoms. The number of allylic oxidation sites excluding steroid dienone is 3. The fraction of sp³-hybridized carbons (Fsp3) is 0.542. The summed E-state index contributed by atoms with van der Waals surface area (Å²) in [6.45, 7) is 6.21. The van der Waals surface area contributed by atoms with E-state index in [1.54, 1.807) is 0 Å². The molecule has 1 aromatic carbocycles. The van der Waals surface area contributed by atoms with Gasteiger partial charge >= 0.3 is 5.97 Å². The molecule has 0 amide bonds. The highest BCUT2D eigenvalue weighted by molar-refractivity contribution is 5.84. The number of rotatable bonds is 9. The van der Waals surface area contributed by atoms with Crippen LogP contribution in [0.25, 0.3) is 5.57 Å². The minimum absolute atomic E-state index is 0.142. The summed E-state index contributed by atoms with van der Waals surface area (Å²) in [4.78, 5) is 12.3. The molecule has 0 spiro atoms. The van der Waals surface area contributed by atoms with Crippen LogP contribution in [0.1, 0.15) is 71.3 Å². The molecular formula is C24H34O3. The molecule has 0 saturated carbocycles. The predicted octanol–water partition coefficient (Wildman–Crippen LogP) is 6.34. The first-order valence-corrected chi connectivity index (χ1v) is 10.3. The normalized spacial score (nSPS) is 16.0. The van der Waals surface area contributed by atoms with Gasteiger partial charge in [0.25, 0.3) is 0 Å². The third kappa shape index (κ3) is 6.57. The molecule has 1 aliphatic rings. The van der Waals surface area contributed by atoms with Gasteiger partial charge in [0.05, 0.1) is 19.1 Å². The SMILES string of the molecule is CCCCC(/C=C(\C1=CCCCC1)c1ccc(OC(C)C)cc1)C(=O)OC. The molecule has 1 unspecified atom stereocenters. The highest BCUT2D eigenvalue weighted by Gasteiger charge is 2.20. The van der Waals surface area contributed by atoms with Gasteiger partial charge < -0.3 is 9.47 Å². The molecule has 0 saturated heterocycles. The zero-order valence-electron chi connectivity index (χ0n) is 17.3. The lowest BCUT2D eigenvalue weighted by Crippen LogP contribution is -2.15. The van der Waals surface area contributed by atoms with Crippen molar-refractivity contribution in [2.75, 3.05) is 7.11 Å². The van der Waals surface area contributed by atoms with Crippen LogP contribution in [0.5, 0.6) is 5.75 Å². The summed E-state index contributed by atoms with van der Waals surface area (Å²) in [7, 11) is 1.48. The lowest BCUT2D eigenvalue weighted by Gasteiger charge is -2.20. The Kier molecular flexibility index (Phi) is 8.63. The number of hydrogen-bond donors (Lipinski definition) is 0. The topological polar surface area (TPSA) is 35.5 Å². The monoisotopic (exact) mass is 370 g/mol. The zero-order chi connectivity index (χ0) is 19.6. The molecule has 0 radical (unpaired) electrons. The van der Waals surface area contributed by atoms with Crippen LogP contribution in [0.2, 0.25) is 0 Å². The van der Waals surface area contributed by atoms with Crippen molar-refractivity contribution in [3.05, 3.63) is 47.6 Å². The standard InChI is InChI=1S/C24H34O3/c1-5-6-10-21(24(25)26-4)17-23(19-11-8-7-9-12-19)20-13-15-22(16-14-20)27-18(2)3/h11,13-18,21H,5-10,12H2,1-4H3/b23-17+. The molecule has 1 aromatic rings. The van der Waals surface area contributed by atoms with Crippen LogP contribution >= 0.6 is 0 Å². The van der Waals surface area contributed by atoms with Crippen molar-refractivity contribution in [1.82, 2.24) is 0 Å². The minimum Gasteiger partial charge on any atom is -0.491 e. The molecule has 2 rings (SSSR count). The lowest BCUT2D eigenvalue weighted by atomic mass is 9.86. The summed E-state index contributed by atoms with van der Waals surface area (Å²) in [5.74, 6) is 0.540. The smallest absolute Gasteiger partial charge is 0.312 e. The summed E-state index contributed by atoms with van der Waals surface area (Å²) < 4.78 is 10.8. The Labute approximate surface area is 164 Å². The van der Waals surface area contributed by atoms with Crippen molar-refractivity contribution >= 4 is 11.5 Å². The average molecular weight is 371 g/mol. The first kappa shape index (κ1) is 21.3. The minimum atomic E-state index is -0.195. The summed E-state index contributed by atoms with van der Waals surface area (Å²) >= 11 is 0. The molecule has 0 N–H and O–H groups in total. The highest BCUT2D eigenvalue weighted by atomic mass is 16.5. The molecular weight excluding hydrogens is 336 g/mol. The van der Waals surface area contributed by atoms with E-state index in [9.17, 15) is 4.79 Å². The van der Waals surface area contributed by atoms with Crippen molar-refractivity contribution in [2.24, 2.45) is 5.92 Å².